The summed E-state index contributed by atoms with van der Waals surface area (Å²) in [6.45, 7) is 1.40. The van der Waals surface area contributed by atoms with E-state index in [4.69, 9.17) is 16.3 Å². The highest BCUT2D eigenvalue weighted by Crippen LogP contribution is 2.13. The van der Waals surface area contributed by atoms with E-state index in [1.54, 1.807) is 12.1 Å². The van der Waals surface area contributed by atoms with Crippen LogP contribution in [0.4, 0.5) is 0 Å². The molecule has 3 heterocycles. The summed E-state index contributed by atoms with van der Waals surface area (Å²) in [5.41, 5.74) is 0.675. The third kappa shape index (κ3) is 3.83. The van der Waals surface area contributed by atoms with Crippen LogP contribution in [-0.2, 0) is 11.3 Å². The molecule has 0 unspecified atom stereocenters. The van der Waals surface area contributed by atoms with Gasteiger partial charge in [-0.2, -0.15) is 0 Å². The smallest absolute Gasteiger partial charge is 0.287 e. The molecule has 3 aromatic rings. The molecule has 0 bridgehead atoms. The number of carbonyl (C=O) groups is 1. The van der Waals surface area contributed by atoms with Crippen LogP contribution in [0.1, 0.15) is 29.0 Å². The number of aromatic amines is 1. The summed E-state index contributed by atoms with van der Waals surface area (Å²) in [4.78, 5) is 31.3. The van der Waals surface area contributed by atoms with Crippen molar-refractivity contribution in [3.05, 3.63) is 51.0 Å². The van der Waals surface area contributed by atoms with Crippen molar-refractivity contribution in [2.75, 3.05) is 13.2 Å². The van der Waals surface area contributed by atoms with Crippen LogP contribution in [0.5, 0.6) is 0 Å². The second kappa shape index (κ2) is 7.45. The number of amides is 1. The Balaban J connectivity index is 1.59. The summed E-state index contributed by atoms with van der Waals surface area (Å²) in [7, 11) is 0. The van der Waals surface area contributed by atoms with Crippen molar-refractivity contribution >= 4 is 28.7 Å². The molecule has 2 N–H and O–H groups in total. The predicted octanol–water partition coefficient (Wildman–Crippen LogP) is 1.13. The number of carbonyl (C=O) groups excluding carboxylic acids is 1. The van der Waals surface area contributed by atoms with Gasteiger partial charge in [-0.15, -0.1) is 5.10 Å². The molecule has 1 amide bonds. The average Bonchev–Trinajstić information content (AvgIpc) is 3.30. The third-order valence-corrected chi connectivity index (χ3v) is 4.56. The van der Waals surface area contributed by atoms with E-state index < -0.39 is 11.5 Å². The van der Waals surface area contributed by atoms with E-state index in [-0.39, 0.29) is 23.1 Å². The third-order valence-electron chi connectivity index (χ3n) is 4.32. The minimum absolute atomic E-state index is 0.000531. The molecule has 1 saturated heterocycles. The lowest BCUT2D eigenvalue weighted by Gasteiger charge is -2.10. The average molecular weight is 389 g/mol. The first-order chi connectivity index (χ1) is 13.1. The lowest BCUT2D eigenvalue weighted by molar-refractivity contribution is 0.0849. The number of H-pyrrole nitrogens is 1. The normalized spacial score (nSPS) is 16.7. The van der Waals surface area contributed by atoms with Crippen molar-refractivity contribution < 1.29 is 9.53 Å². The van der Waals surface area contributed by atoms with Gasteiger partial charge in [-0.3, -0.25) is 9.59 Å². The fraction of sp³-hybridized carbons (Fsp3) is 0.353. The summed E-state index contributed by atoms with van der Waals surface area (Å²) < 4.78 is 6.94. The number of benzene rings is 1. The number of ether oxygens (including phenoxy) is 1. The Hall–Kier alpha value is -2.78. The lowest BCUT2D eigenvalue weighted by atomic mass is 10.2. The Kier molecular flexibility index (Phi) is 4.87. The summed E-state index contributed by atoms with van der Waals surface area (Å²) in [5.74, 6) is -0.555. The second-order valence-electron chi connectivity index (χ2n) is 6.31. The zero-order valence-electron chi connectivity index (χ0n) is 14.3. The van der Waals surface area contributed by atoms with Crippen LogP contribution in [0.15, 0.2) is 29.1 Å². The second-order valence-corrected chi connectivity index (χ2v) is 6.75. The highest BCUT2D eigenvalue weighted by atomic mass is 35.5. The highest BCUT2D eigenvalue weighted by molar-refractivity contribution is 6.30. The van der Waals surface area contributed by atoms with Crippen LogP contribution in [0.25, 0.3) is 11.2 Å². The first-order valence-corrected chi connectivity index (χ1v) is 8.96. The molecule has 2 aromatic heterocycles. The number of halogens is 1. The molecule has 140 valence electrons. The Bertz CT molecular complexity index is 1040. The number of hydrogen-bond acceptors (Lipinski definition) is 6. The minimum Gasteiger partial charge on any atom is -0.376 e. The monoisotopic (exact) mass is 388 g/mol. The SMILES string of the molecule is O=C(NC[C@@H]1CCCO1)c1nc2c(nnn2Cc2cccc(Cl)c2)c(=O)[nH]1. The number of hydrogen-bond donors (Lipinski definition) is 2. The lowest BCUT2D eigenvalue weighted by Crippen LogP contribution is -2.34. The summed E-state index contributed by atoms with van der Waals surface area (Å²) in [6, 6.07) is 7.25. The topological polar surface area (TPSA) is 115 Å². The zero-order valence-corrected chi connectivity index (χ0v) is 15.1. The molecule has 1 aliphatic heterocycles. The van der Waals surface area contributed by atoms with Gasteiger partial charge in [-0.25, -0.2) is 9.67 Å². The van der Waals surface area contributed by atoms with Crippen LogP contribution in [0, 0.1) is 0 Å². The minimum atomic E-state index is -0.514. The Morgan fingerprint density at radius 2 is 2.33 bits per heavy atom. The van der Waals surface area contributed by atoms with Gasteiger partial charge in [0.15, 0.2) is 11.2 Å². The van der Waals surface area contributed by atoms with Crippen molar-refractivity contribution in [2.24, 2.45) is 0 Å². The summed E-state index contributed by atoms with van der Waals surface area (Å²) in [6.07, 6.45) is 1.88. The molecule has 1 aliphatic rings. The number of rotatable bonds is 5. The van der Waals surface area contributed by atoms with Crippen molar-refractivity contribution in [1.29, 1.82) is 0 Å². The molecule has 27 heavy (non-hydrogen) atoms. The van der Waals surface area contributed by atoms with Gasteiger partial charge in [0.1, 0.15) is 0 Å². The van der Waals surface area contributed by atoms with E-state index in [2.05, 4.69) is 25.6 Å². The van der Waals surface area contributed by atoms with Crippen LogP contribution < -0.4 is 10.9 Å². The zero-order chi connectivity index (χ0) is 18.8. The quantitative estimate of drug-likeness (QED) is 0.677. The molecule has 4 rings (SSSR count). The first-order valence-electron chi connectivity index (χ1n) is 8.58. The molecular weight excluding hydrogens is 372 g/mol. The van der Waals surface area contributed by atoms with E-state index >= 15 is 0 Å². The van der Waals surface area contributed by atoms with Gasteiger partial charge in [0.25, 0.3) is 11.5 Å². The number of nitrogens with zero attached hydrogens (tertiary/aromatic N) is 4. The van der Waals surface area contributed by atoms with Crippen molar-refractivity contribution in [3.63, 3.8) is 0 Å². The van der Waals surface area contributed by atoms with Crippen molar-refractivity contribution in [3.8, 4) is 0 Å². The van der Waals surface area contributed by atoms with Crippen LogP contribution >= 0.6 is 11.6 Å². The van der Waals surface area contributed by atoms with E-state index in [1.165, 1.54) is 4.68 Å². The van der Waals surface area contributed by atoms with Gasteiger partial charge in [-0.05, 0) is 30.5 Å². The van der Waals surface area contributed by atoms with Crippen LogP contribution in [0.2, 0.25) is 5.02 Å². The molecule has 1 atom stereocenters. The van der Waals surface area contributed by atoms with Gasteiger partial charge < -0.3 is 15.0 Å². The molecule has 0 radical (unpaired) electrons. The summed E-state index contributed by atoms with van der Waals surface area (Å²) in [5, 5.41) is 11.2. The maximum Gasteiger partial charge on any atom is 0.287 e. The molecular formula is C17H17ClN6O3. The van der Waals surface area contributed by atoms with Crippen LogP contribution in [0.3, 0.4) is 0 Å². The molecule has 0 saturated carbocycles. The van der Waals surface area contributed by atoms with Gasteiger partial charge in [-0.1, -0.05) is 28.9 Å². The summed E-state index contributed by atoms with van der Waals surface area (Å²) >= 11 is 6.00. The molecule has 10 heteroatoms. The maximum absolute atomic E-state index is 12.4. The fourth-order valence-electron chi connectivity index (χ4n) is 2.98. The largest absolute Gasteiger partial charge is 0.376 e. The van der Waals surface area contributed by atoms with E-state index in [9.17, 15) is 9.59 Å². The van der Waals surface area contributed by atoms with Gasteiger partial charge >= 0.3 is 0 Å². The van der Waals surface area contributed by atoms with Gasteiger partial charge in [0.05, 0.1) is 12.6 Å². The van der Waals surface area contributed by atoms with Crippen molar-refractivity contribution in [1.82, 2.24) is 30.3 Å². The van der Waals surface area contributed by atoms with Crippen LogP contribution in [-0.4, -0.2) is 50.1 Å². The van der Waals surface area contributed by atoms with Gasteiger partial charge in [0, 0.05) is 18.2 Å². The van der Waals surface area contributed by atoms with Gasteiger partial charge in [0.2, 0.25) is 5.82 Å². The van der Waals surface area contributed by atoms with E-state index in [0.29, 0.717) is 24.7 Å². The number of aromatic nitrogens is 5. The molecule has 0 aliphatic carbocycles. The Morgan fingerprint density at radius 1 is 1.44 bits per heavy atom. The molecule has 0 spiro atoms. The van der Waals surface area contributed by atoms with Crippen molar-refractivity contribution in [2.45, 2.75) is 25.5 Å². The highest BCUT2D eigenvalue weighted by Gasteiger charge is 2.19. The van der Waals surface area contributed by atoms with E-state index in [1.807, 2.05) is 12.1 Å². The standard InChI is InChI=1S/C17H17ClN6O3/c18-11-4-1-3-10(7-11)9-24-15-13(22-23-24)16(25)21-14(20-15)17(26)19-8-12-5-2-6-27-12/h1,3-4,7,12H,2,5-6,8-9H2,(H,19,26)(H,20,21,25)/t12-/m0/s1. The number of nitrogens with one attached hydrogen (secondary N) is 2. The first kappa shape index (κ1) is 17.6. The number of fused-ring (bicyclic) bond motifs is 1. The molecule has 9 nitrogen and oxygen atoms in total. The molecule has 1 aromatic carbocycles. The Labute approximate surface area is 158 Å². The molecule has 1 fully saturated rings. The predicted molar refractivity (Wildman–Crippen MR) is 97.8 cm³/mol. The van der Waals surface area contributed by atoms with E-state index in [0.717, 1.165) is 18.4 Å². The fourth-order valence-corrected chi connectivity index (χ4v) is 3.20. The Morgan fingerprint density at radius 3 is 3.11 bits per heavy atom. The maximum atomic E-state index is 12.4.